The van der Waals surface area contributed by atoms with Crippen molar-refractivity contribution in [2.24, 2.45) is 11.3 Å². The van der Waals surface area contributed by atoms with Gasteiger partial charge in [0.2, 0.25) is 5.91 Å². The molecule has 0 heterocycles. The fourth-order valence-corrected chi connectivity index (χ4v) is 6.08. The molecule has 51 heavy (non-hydrogen) atoms. The van der Waals surface area contributed by atoms with Crippen LogP contribution in [0.5, 0.6) is 0 Å². The summed E-state index contributed by atoms with van der Waals surface area (Å²) in [7, 11) is 1.71. The zero-order valence-corrected chi connectivity index (χ0v) is 32.9. The minimum atomic E-state index is 0.0180. The lowest BCUT2D eigenvalue weighted by molar-refractivity contribution is -0.115. The van der Waals surface area contributed by atoms with Gasteiger partial charge in [0, 0.05) is 18.4 Å². The maximum absolute atomic E-state index is 12.6. The van der Waals surface area contributed by atoms with Gasteiger partial charge in [-0.05, 0) is 131 Å². The zero-order valence-electron chi connectivity index (χ0n) is 32.9. The summed E-state index contributed by atoms with van der Waals surface area (Å²) in [6.45, 7) is 18.8. The van der Waals surface area contributed by atoms with Crippen molar-refractivity contribution in [1.82, 2.24) is 0 Å². The third-order valence-corrected chi connectivity index (χ3v) is 9.81. The van der Waals surface area contributed by atoms with Crippen molar-refractivity contribution in [3.8, 4) is 11.1 Å². The highest BCUT2D eigenvalue weighted by molar-refractivity contribution is 5.92. The lowest BCUT2D eigenvalue weighted by Crippen LogP contribution is -2.15. The largest absolute Gasteiger partial charge is 0.379 e. The van der Waals surface area contributed by atoms with E-state index >= 15 is 0 Å². The van der Waals surface area contributed by atoms with Crippen LogP contribution < -0.4 is 5.32 Å². The number of nitrogens with one attached hydrogen (secondary N) is 1. The van der Waals surface area contributed by atoms with Crippen LogP contribution in [-0.2, 0) is 16.0 Å². The van der Waals surface area contributed by atoms with Gasteiger partial charge in [-0.15, -0.1) is 0 Å². The van der Waals surface area contributed by atoms with Gasteiger partial charge in [-0.25, -0.2) is 0 Å². The third-order valence-electron chi connectivity index (χ3n) is 9.81. The molecule has 1 saturated carbocycles. The lowest BCUT2D eigenvalue weighted by Gasteiger charge is -2.27. The molecular formula is C47H61NO3. The number of carbonyl (C=O) groups excluding carboxylic acids is 2. The molecule has 6 rings (SSSR count). The van der Waals surface area contributed by atoms with E-state index in [9.17, 15) is 9.59 Å². The number of aryl methyl sites for hydroxylation is 3. The monoisotopic (exact) mass is 687 g/mol. The molecule has 0 bridgehead atoms. The van der Waals surface area contributed by atoms with Gasteiger partial charge in [-0.1, -0.05) is 117 Å². The van der Waals surface area contributed by atoms with E-state index in [1.54, 1.807) is 7.11 Å². The number of rotatable bonds is 7. The molecule has 1 N–H and O–H groups in total. The Morgan fingerprint density at radius 2 is 1.41 bits per heavy atom. The first kappa shape index (κ1) is 41.1. The van der Waals surface area contributed by atoms with Gasteiger partial charge in [0.1, 0.15) is 6.29 Å². The zero-order chi connectivity index (χ0) is 37.6. The molecule has 1 amide bonds. The first-order valence-corrected chi connectivity index (χ1v) is 18.6. The second kappa shape index (κ2) is 19.4. The summed E-state index contributed by atoms with van der Waals surface area (Å²) in [5.41, 5.74) is 12.2. The number of anilines is 1. The number of aldehydes is 1. The summed E-state index contributed by atoms with van der Waals surface area (Å²) in [5, 5.41) is 3.05. The number of allylic oxidation sites excluding steroid dienone is 2. The number of methoxy groups -OCH3 is 1. The molecule has 1 atom stereocenters. The minimum absolute atomic E-state index is 0.0180. The van der Waals surface area contributed by atoms with Gasteiger partial charge in [0.15, 0.2) is 0 Å². The Morgan fingerprint density at radius 1 is 0.843 bits per heavy atom. The molecule has 4 aromatic carbocycles. The molecule has 0 aliphatic heterocycles. The molecular weight excluding hydrogens is 627 g/mol. The van der Waals surface area contributed by atoms with Crippen molar-refractivity contribution >= 4 is 23.5 Å². The van der Waals surface area contributed by atoms with Crippen molar-refractivity contribution < 1.29 is 14.3 Å². The average Bonchev–Trinajstić information content (AvgIpc) is 3.89. The first-order valence-electron chi connectivity index (χ1n) is 18.6. The maximum atomic E-state index is 12.6. The van der Waals surface area contributed by atoms with Crippen molar-refractivity contribution in [3.05, 3.63) is 130 Å². The van der Waals surface area contributed by atoms with Crippen LogP contribution in [0, 0.1) is 32.1 Å². The van der Waals surface area contributed by atoms with Crippen molar-refractivity contribution in [2.75, 3.05) is 12.4 Å². The maximum Gasteiger partial charge on any atom is 0.228 e. The second-order valence-corrected chi connectivity index (χ2v) is 15.0. The fourth-order valence-electron chi connectivity index (χ4n) is 6.08. The summed E-state index contributed by atoms with van der Waals surface area (Å²) in [4.78, 5) is 22.7. The normalized spacial score (nSPS) is 15.6. The number of hydrogen-bond acceptors (Lipinski definition) is 3. The van der Waals surface area contributed by atoms with Gasteiger partial charge in [0.05, 0.1) is 12.0 Å². The van der Waals surface area contributed by atoms with Crippen LogP contribution in [0.1, 0.15) is 112 Å². The van der Waals surface area contributed by atoms with Crippen molar-refractivity contribution in [3.63, 3.8) is 0 Å². The number of carbonyl (C=O) groups is 2. The molecule has 2 aliphatic carbocycles. The molecule has 4 nitrogen and oxygen atoms in total. The summed E-state index contributed by atoms with van der Waals surface area (Å²) in [6.07, 6.45) is 10.2. The molecule has 2 aliphatic rings. The predicted octanol–water partition coefficient (Wildman–Crippen LogP) is 12.4. The second-order valence-electron chi connectivity index (χ2n) is 15.0. The molecule has 0 spiro atoms. The van der Waals surface area contributed by atoms with Gasteiger partial charge in [0.25, 0.3) is 0 Å². The standard InChI is InChI=1S/C32H35NO.C8H8O.C5H12O.C2H6/c1-22-4-17-30(23(2)20-22)27-11-15-29(16-12-27)33-31(34)21-24-5-7-25(8-6-24)26-9-13-28(14-10-26)32(3)18-19-32;1-7-2-4-8(6-9)5-3-7;1-5(2,3)6-4;1-2/h4-9,11-12,15-17,20,28H,10,13-14,18-19,21H2,1-3H3,(H,33,34);2-6H,1H3;1-4H3;1-2H3. The van der Waals surface area contributed by atoms with E-state index in [0.717, 1.165) is 29.0 Å². The number of benzene rings is 4. The number of amides is 1. The van der Waals surface area contributed by atoms with Gasteiger partial charge in [-0.2, -0.15) is 0 Å². The Balaban J connectivity index is 0.000000342. The Morgan fingerprint density at radius 3 is 1.90 bits per heavy atom. The van der Waals surface area contributed by atoms with Crippen molar-refractivity contribution in [2.45, 2.75) is 106 Å². The van der Waals surface area contributed by atoms with E-state index in [2.05, 4.69) is 86.8 Å². The summed E-state index contributed by atoms with van der Waals surface area (Å²) < 4.78 is 4.94. The highest BCUT2D eigenvalue weighted by atomic mass is 16.5. The van der Waals surface area contributed by atoms with Crippen LogP contribution in [0.25, 0.3) is 16.7 Å². The fraction of sp³-hybridized carbons (Fsp3) is 0.404. The Kier molecular flexibility index (Phi) is 15.6. The SMILES string of the molecule is CC.COC(C)(C)C.Cc1ccc(-c2ccc(NC(=O)Cc3ccc(C4=CCC(C5(C)CC5)CC4)cc3)cc2)c(C)c1.Cc1ccc(C=O)cc1. The Hall–Kier alpha value is -4.28. The predicted molar refractivity (Wildman–Crippen MR) is 217 cm³/mol. The number of ether oxygens (including phenoxy) is 1. The van der Waals surface area contributed by atoms with E-state index in [-0.39, 0.29) is 11.5 Å². The van der Waals surface area contributed by atoms with Gasteiger partial charge < -0.3 is 10.1 Å². The molecule has 272 valence electrons. The molecule has 4 heteroatoms. The van der Waals surface area contributed by atoms with Gasteiger partial charge in [-0.3, -0.25) is 9.59 Å². The Labute approximate surface area is 308 Å². The van der Waals surface area contributed by atoms with Crippen LogP contribution in [0.3, 0.4) is 0 Å². The van der Waals surface area contributed by atoms with E-state index in [1.807, 2.05) is 77.9 Å². The third kappa shape index (κ3) is 13.4. The number of hydrogen-bond donors (Lipinski definition) is 1. The highest BCUT2D eigenvalue weighted by Gasteiger charge is 2.44. The molecule has 1 fully saturated rings. The topological polar surface area (TPSA) is 55.4 Å². The molecule has 4 aromatic rings. The lowest BCUT2D eigenvalue weighted by atomic mass is 9.78. The molecule has 1 unspecified atom stereocenters. The summed E-state index contributed by atoms with van der Waals surface area (Å²) in [5.74, 6) is 0.888. The molecule has 0 radical (unpaired) electrons. The summed E-state index contributed by atoms with van der Waals surface area (Å²) in [6, 6.07) is 30.7. The van der Waals surface area contributed by atoms with Crippen LogP contribution in [0.2, 0.25) is 0 Å². The Bertz CT molecular complexity index is 1700. The molecule has 0 aromatic heterocycles. The van der Waals surface area contributed by atoms with E-state index in [4.69, 9.17) is 4.74 Å². The molecule has 0 saturated heterocycles. The van der Waals surface area contributed by atoms with Crippen LogP contribution >= 0.6 is 0 Å². The van der Waals surface area contributed by atoms with E-state index < -0.39 is 0 Å². The highest BCUT2D eigenvalue weighted by Crippen LogP contribution is 2.56. The smallest absolute Gasteiger partial charge is 0.228 e. The van der Waals surface area contributed by atoms with E-state index in [0.29, 0.717) is 11.8 Å². The van der Waals surface area contributed by atoms with Crippen LogP contribution in [0.15, 0.2) is 97.1 Å². The quantitative estimate of drug-likeness (QED) is 0.197. The minimum Gasteiger partial charge on any atom is -0.379 e. The van der Waals surface area contributed by atoms with Crippen LogP contribution in [0.4, 0.5) is 5.69 Å². The first-order chi connectivity index (χ1) is 24.3. The van der Waals surface area contributed by atoms with E-state index in [1.165, 1.54) is 71.1 Å². The van der Waals surface area contributed by atoms with Gasteiger partial charge >= 0.3 is 0 Å². The summed E-state index contributed by atoms with van der Waals surface area (Å²) >= 11 is 0. The van der Waals surface area contributed by atoms with Crippen molar-refractivity contribution in [1.29, 1.82) is 0 Å². The van der Waals surface area contributed by atoms with Crippen LogP contribution in [-0.4, -0.2) is 24.9 Å². The average molecular weight is 688 g/mol.